The molecule has 6 heteroatoms. The van der Waals surface area contributed by atoms with Crippen LogP contribution < -0.4 is 29.6 Å². The average Bonchev–Trinajstić information content (AvgIpc) is 1.67. The molecule has 0 fully saturated rings. The van der Waals surface area contributed by atoms with Crippen LogP contribution in [0.2, 0.25) is 0 Å². The van der Waals surface area contributed by atoms with Gasteiger partial charge in [-0.15, -0.1) is 0 Å². The van der Waals surface area contributed by atoms with E-state index in [1.54, 1.807) is 0 Å². The van der Waals surface area contributed by atoms with E-state index in [2.05, 4.69) is 3.79 Å². The van der Waals surface area contributed by atoms with Crippen molar-refractivity contribution in [1.29, 1.82) is 0 Å². The summed E-state index contributed by atoms with van der Waals surface area (Å²) in [6, 6.07) is 0. The zero-order valence-corrected chi connectivity index (χ0v) is 9.60. The van der Waals surface area contributed by atoms with Crippen LogP contribution in [0.15, 0.2) is 0 Å². The summed E-state index contributed by atoms with van der Waals surface area (Å²) in [6.07, 6.45) is -1.04. The maximum Gasteiger partial charge on any atom is 1.00 e. The van der Waals surface area contributed by atoms with E-state index in [1.165, 1.54) is 6.92 Å². The van der Waals surface area contributed by atoms with Crippen LogP contribution in [0.1, 0.15) is 8.35 Å². The third-order valence-electron chi connectivity index (χ3n) is 0.538. The average molecular weight is 177 g/mol. The molecule has 0 aliphatic heterocycles. The van der Waals surface area contributed by atoms with E-state index < -0.39 is 26.7 Å². The van der Waals surface area contributed by atoms with Crippen LogP contribution >= 0.6 is 10.0 Å². The summed E-state index contributed by atoms with van der Waals surface area (Å²) < 4.78 is 4.32. The molecule has 0 aliphatic rings. The molecule has 0 radical (unpaired) electrons. The quantitative estimate of drug-likeness (QED) is 0.445. The van der Waals surface area contributed by atoms with E-state index >= 15 is 0 Å². The van der Waals surface area contributed by atoms with Gasteiger partial charge < -0.3 is 10.3 Å². The van der Waals surface area contributed by atoms with Crippen LogP contribution in [0.25, 0.3) is 0 Å². The van der Waals surface area contributed by atoms with E-state index in [4.69, 9.17) is 15.2 Å². The molecule has 1 N–H and O–H groups in total. The smallest absolute Gasteiger partial charge is 1.00 e. The molecule has 3 nitrogen and oxygen atoms in total. The van der Waals surface area contributed by atoms with Gasteiger partial charge in [-0.3, -0.25) is 4.79 Å². The van der Waals surface area contributed by atoms with Gasteiger partial charge >= 0.3 is 44.2 Å². The molecule has 0 aromatic rings. The topological polar surface area (TPSA) is 46.5 Å². The van der Waals surface area contributed by atoms with E-state index in [0.717, 1.165) is 0 Å². The molecule has 48 valence electrons. The van der Waals surface area contributed by atoms with Gasteiger partial charge in [-0.1, -0.05) is 0 Å². The second kappa shape index (κ2) is 7.36. The molecule has 0 saturated heterocycles. The number of aliphatic hydroxyl groups is 1. The Morgan fingerprint density at radius 3 is 2.56 bits per heavy atom. The van der Waals surface area contributed by atoms with Crippen molar-refractivity contribution in [3.63, 3.8) is 0 Å². The molecule has 0 saturated carbocycles. The molecule has 0 rings (SSSR count). The Labute approximate surface area is 87.7 Å². The summed E-state index contributed by atoms with van der Waals surface area (Å²) in [7, 11) is 5.13. The van der Waals surface area contributed by atoms with Crippen LogP contribution in [0, 0.1) is 0 Å². The SMILES string of the molecule is CC(O)C(=O)[O][AlH][Cl].[H-].[Na+]. The van der Waals surface area contributed by atoms with E-state index in [-0.39, 0.29) is 31.0 Å². The van der Waals surface area contributed by atoms with Gasteiger partial charge in [0, 0.05) is 0 Å². The van der Waals surface area contributed by atoms with Crippen LogP contribution in [0.3, 0.4) is 0 Å². The second-order valence-corrected chi connectivity index (χ2v) is 2.41. The molecule has 0 bridgehead atoms. The van der Waals surface area contributed by atoms with Crippen LogP contribution in [-0.4, -0.2) is 31.8 Å². The second-order valence-electron chi connectivity index (χ2n) is 1.25. The monoisotopic (exact) mass is 176 g/mol. The molecule has 9 heavy (non-hydrogen) atoms. The summed E-state index contributed by atoms with van der Waals surface area (Å²) in [5.74, 6) is -0.633. The fourth-order valence-electron chi connectivity index (χ4n) is 0.174. The van der Waals surface area contributed by atoms with Gasteiger partial charge in [0.05, 0.1) is 0 Å². The number of carbonyl (C=O) groups excluding carboxylic acids is 1. The Kier molecular flexibility index (Phi) is 10.5. The summed E-state index contributed by atoms with van der Waals surface area (Å²) in [5.41, 5.74) is 0. The van der Waals surface area contributed by atoms with Crippen molar-refractivity contribution in [2.24, 2.45) is 0 Å². The summed E-state index contributed by atoms with van der Waals surface area (Å²) in [6.45, 7) is 1.34. The molecule has 0 aromatic carbocycles. The third-order valence-corrected chi connectivity index (χ3v) is 1.26. The van der Waals surface area contributed by atoms with Gasteiger partial charge in [0.15, 0.2) is 0 Å². The fraction of sp³-hybridized carbons (Fsp3) is 0.667. The maximum atomic E-state index is 10.2. The maximum absolute atomic E-state index is 10.2. The first-order valence-corrected chi connectivity index (χ1v) is 4.80. The Morgan fingerprint density at radius 1 is 2.00 bits per heavy atom. The minimum absolute atomic E-state index is 0. The first kappa shape index (κ1) is 12.9. The number of carbonyl (C=O) groups is 1. The number of hydrogen-bond acceptors (Lipinski definition) is 3. The number of hydrogen-bond donors (Lipinski definition) is 1. The Hall–Kier alpha value is 1.25. The van der Waals surface area contributed by atoms with Gasteiger partial charge in [-0.2, -0.15) is 0 Å². The molecule has 0 aliphatic carbocycles. The van der Waals surface area contributed by atoms with Crippen LogP contribution in [0.5, 0.6) is 0 Å². The molecule has 0 spiro atoms. The van der Waals surface area contributed by atoms with Crippen molar-refractivity contribution < 1.29 is 44.7 Å². The van der Waals surface area contributed by atoms with Crippen molar-refractivity contribution in [3.05, 3.63) is 0 Å². The Bertz CT molecular complexity index is 93.8. The predicted octanol–water partition coefficient (Wildman–Crippen LogP) is -3.47. The minimum Gasteiger partial charge on any atom is -1.00 e. The molecule has 0 aromatic heterocycles. The predicted molar refractivity (Wildman–Crippen MR) is 31.9 cm³/mol. The first-order valence-electron chi connectivity index (χ1n) is 2.09. The zero-order valence-electron chi connectivity index (χ0n) is 6.43. The molecule has 1 atom stereocenters. The van der Waals surface area contributed by atoms with Gasteiger partial charge in [0.2, 0.25) is 0 Å². The van der Waals surface area contributed by atoms with Crippen molar-refractivity contribution >= 4 is 30.7 Å². The first-order chi connectivity index (χ1) is 3.68. The molecule has 1 unspecified atom stereocenters. The van der Waals surface area contributed by atoms with Gasteiger partial charge in [-0.25, -0.2) is 10.0 Å². The van der Waals surface area contributed by atoms with E-state index in [0.29, 0.717) is 0 Å². The van der Waals surface area contributed by atoms with Crippen molar-refractivity contribution in [2.75, 3.05) is 0 Å². The van der Waals surface area contributed by atoms with Gasteiger partial charge in [0.1, 0.15) is 6.10 Å². The standard InChI is InChI=1S/C3H6O3.Al.ClH.Na.2H/c1-2(4)3(5)6;;;;;/h2,4H,1H3,(H,5,6);;1H;;;/q;+2;;+1;;-1/p-2. The number of aliphatic hydroxyl groups excluding tert-OH is 1. The minimum atomic E-state index is -1.21. The largest absolute Gasteiger partial charge is 1.00 e. The normalized spacial score (nSPS) is 11.0. The van der Waals surface area contributed by atoms with E-state index in [1.807, 2.05) is 0 Å². The summed E-state index contributed by atoms with van der Waals surface area (Å²) >= 11 is -1.21. The van der Waals surface area contributed by atoms with Crippen molar-refractivity contribution in [3.8, 4) is 0 Å². The molecule has 0 amide bonds. The van der Waals surface area contributed by atoms with Gasteiger partial charge in [-0.05, 0) is 6.92 Å². The van der Waals surface area contributed by atoms with Crippen molar-refractivity contribution in [2.45, 2.75) is 13.0 Å². The number of rotatable bonds is 2. The Morgan fingerprint density at radius 2 is 2.44 bits per heavy atom. The van der Waals surface area contributed by atoms with E-state index in [9.17, 15) is 4.79 Å². The molecular weight excluding hydrogens is 169 g/mol. The molecular formula is C3H7AlClNaO3. The fourth-order valence-corrected chi connectivity index (χ4v) is 0.846. The van der Waals surface area contributed by atoms with Crippen LogP contribution in [-0.2, 0) is 8.58 Å². The van der Waals surface area contributed by atoms with Crippen LogP contribution in [0.4, 0.5) is 0 Å². The number of halogens is 1. The summed E-state index contributed by atoms with van der Waals surface area (Å²) in [5, 5.41) is 8.44. The molecule has 0 heterocycles. The Balaban J connectivity index is -0.000000245. The van der Waals surface area contributed by atoms with Crippen molar-refractivity contribution in [1.82, 2.24) is 0 Å². The third kappa shape index (κ3) is 7.15. The van der Waals surface area contributed by atoms with Gasteiger partial charge in [0.25, 0.3) is 5.97 Å². The summed E-state index contributed by atoms with van der Waals surface area (Å²) in [4.78, 5) is 10.2. The zero-order chi connectivity index (χ0) is 6.57.